The Bertz CT molecular complexity index is 1420. The zero-order chi connectivity index (χ0) is 23.2. The fourth-order valence-electron chi connectivity index (χ4n) is 4.52. The van der Waals surface area contributed by atoms with Crippen LogP contribution in [0.1, 0.15) is 11.5 Å². The molecule has 0 spiro atoms. The maximum absolute atomic E-state index is 13.8. The molecule has 0 bridgehead atoms. The van der Waals surface area contributed by atoms with Crippen molar-refractivity contribution in [2.75, 3.05) is 18.4 Å². The van der Waals surface area contributed by atoms with Crippen LogP contribution < -0.4 is 5.32 Å². The van der Waals surface area contributed by atoms with Gasteiger partial charge >= 0.3 is 0 Å². The van der Waals surface area contributed by atoms with Crippen molar-refractivity contribution in [2.45, 2.75) is 16.9 Å². The quantitative estimate of drug-likeness (QED) is 0.462. The van der Waals surface area contributed by atoms with E-state index in [0.717, 1.165) is 28.6 Å². The second-order valence-electron chi connectivity index (χ2n) is 8.37. The van der Waals surface area contributed by atoms with Gasteiger partial charge in [0.15, 0.2) is 11.6 Å². The number of hydrogen-bond acceptors (Lipinski definition) is 3. The van der Waals surface area contributed by atoms with Crippen molar-refractivity contribution in [3.63, 3.8) is 0 Å². The van der Waals surface area contributed by atoms with Crippen molar-refractivity contribution in [3.05, 3.63) is 96.2 Å². The van der Waals surface area contributed by atoms with E-state index in [0.29, 0.717) is 5.69 Å². The van der Waals surface area contributed by atoms with Gasteiger partial charge in [0.2, 0.25) is 10.0 Å². The van der Waals surface area contributed by atoms with E-state index in [1.807, 2.05) is 60.3 Å². The van der Waals surface area contributed by atoms with E-state index in [4.69, 9.17) is 0 Å². The molecule has 1 saturated heterocycles. The van der Waals surface area contributed by atoms with Crippen LogP contribution in [0.3, 0.4) is 0 Å². The molecular formula is C25H23F2N3O2S. The number of nitrogens with zero attached hydrogens (tertiary/aromatic N) is 2. The normalized spacial score (nSPS) is 19.2. The highest BCUT2D eigenvalue weighted by Gasteiger charge is 2.40. The molecule has 5 rings (SSSR count). The molecule has 170 valence electrons. The highest BCUT2D eigenvalue weighted by atomic mass is 32.2. The second kappa shape index (κ2) is 8.28. The molecule has 1 aromatic heterocycles. The molecule has 2 atom stereocenters. The van der Waals surface area contributed by atoms with Crippen LogP contribution in [0, 0.1) is 11.6 Å². The Hall–Kier alpha value is -3.23. The van der Waals surface area contributed by atoms with E-state index >= 15 is 0 Å². The van der Waals surface area contributed by atoms with Crippen LogP contribution >= 0.6 is 0 Å². The average Bonchev–Trinajstić information content (AvgIpc) is 3.41. The molecule has 5 nitrogen and oxygen atoms in total. The molecule has 1 N–H and O–H groups in total. The van der Waals surface area contributed by atoms with E-state index in [-0.39, 0.29) is 29.9 Å². The number of halogens is 2. The third-order valence-corrected chi connectivity index (χ3v) is 8.11. The molecule has 1 aliphatic rings. The zero-order valence-electron chi connectivity index (χ0n) is 17.9. The van der Waals surface area contributed by atoms with Crippen LogP contribution in [0.15, 0.2) is 83.9 Å². The number of sulfonamides is 1. The summed E-state index contributed by atoms with van der Waals surface area (Å²) in [5.41, 5.74) is 2.34. The van der Waals surface area contributed by atoms with E-state index in [1.165, 1.54) is 10.4 Å². The van der Waals surface area contributed by atoms with Gasteiger partial charge in [-0.05, 0) is 42.0 Å². The largest absolute Gasteiger partial charge is 0.380 e. The minimum absolute atomic E-state index is 0.158. The molecule has 0 amide bonds. The van der Waals surface area contributed by atoms with Crippen molar-refractivity contribution in [1.82, 2.24) is 8.87 Å². The number of rotatable bonds is 5. The molecule has 1 fully saturated rings. The Morgan fingerprint density at radius 1 is 0.909 bits per heavy atom. The van der Waals surface area contributed by atoms with E-state index in [2.05, 4.69) is 5.32 Å². The first kappa shape index (κ1) is 21.6. The lowest BCUT2D eigenvalue weighted by molar-refractivity contribution is 0.471. The monoisotopic (exact) mass is 467 g/mol. The minimum atomic E-state index is -3.75. The number of anilines is 1. The molecule has 8 heteroatoms. The molecule has 3 aromatic carbocycles. The van der Waals surface area contributed by atoms with Gasteiger partial charge in [0.05, 0.1) is 4.90 Å². The molecule has 4 aromatic rings. The SMILES string of the molecule is Cn1ccc2cc(S(=O)(=O)N3CC(Nc4ccc(F)c(F)c4)C(c4ccccc4)C3)ccc21. The van der Waals surface area contributed by atoms with Gasteiger partial charge < -0.3 is 9.88 Å². The number of hydrogen-bond donors (Lipinski definition) is 1. The van der Waals surface area contributed by atoms with Gasteiger partial charge in [0, 0.05) is 61.0 Å². The zero-order valence-corrected chi connectivity index (χ0v) is 18.8. The third-order valence-electron chi connectivity index (χ3n) is 6.28. The van der Waals surface area contributed by atoms with Crippen LogP contribution in [-0.4, -0.2) is 36.4 Å². The fourth-order valence-corrected chi connectivity index (χ4v) is 6.05. The van der Waals surface area contributed by atoms with E-state index in [1.54, 1.807) is 12.1 Å². The first-order valence-electron chi connectivity index (χ1n) is 10.6. The lowest BCUT2D eigenvalue weighted by Crippen LogP contribution is -2.32. The molecular weight excluding hydrogens is 444 g/mol. The summed E-state index contributed by atoms with van der Waals surface area (Å²) in [6.07, 6.45) is 1.89. The number of benzene rings is 3. The summed E-state index contributed by atoms with van der Waals surface area (Å²) < 4.78 is 57.6. The van der Waals surface area contributed by atoms with E-state index < -0.39 is 21.7 Å². The standard InChI is InChI=1S/C25H23F2N3O2S/c1-29-12-11-18-13-20(8-10-25(18)29)33(31,32)30-15-21(17-5-3-2-4-6-17)24(16-30)28-19-7-9-22(26)23(27)14-19/h2-14,21,24,28H,15-16H2,1H3. The Morgan fingerprint density at radius 3 is 2.45 bits per heavy atom. The van der Waals surface area contributed by atoms with Crippen molar-refractivity contribution in [3.8, 4) is 0 Å². The van der Waals surface area contributed by atoms with Crippen molar-refractivity contribution in [1.29, 1.82) is 0 Å². The Kier molecular flexibility index (Phi) is 5.42. The van der Waals surface area contributed by atoms with Crippen molar-refractivity contribution in [2.24, 2.45) is 7.05 Å². The molecule has 2 unspecified atom stereocenters. The molecule has 2 heterocycles. The predicted octanol–water partition coefficient (Wildman–Crippen LogP) is 4.73. The highest BCUT2D eigenvalue weighted by Crippen LogP contribution is 2.34. The van der Waals surface area contributed by atoms with Gasteiger partial charge in [-0.1, -0.05) is 30.3 Å². The van der Waals surface area contributed by atoms with Crippen LogP contribution in [0.5, 0.6) is 0 Å². The fraction of sp³-hybridized carbons (Fsp3) is 0.200. The molecule has 0 aliphatic carbocycles. The van der Waals surface area contributed by atoms with Crippen LogP contribution in [-0.2, 0) is 17.1 Å². The Balaban J connectivity index is 1.48. The number of nitrogens with one attached hydrogen (secondary N) is 1. The van der Waals surface area contributed by atoms with Crippen LogP contribution in [0.4, 0.5) is 14.5 Å². The first-order chi connectivity index (χ1) is 15.8. The van der Waals surface area contributed by atoms with Gasteiger partial charge in [-0.15, -0.1) is 0 Å². The summed E-state index contributed by atoms with van der Waals surface area (Å²) in [4.78, 5) is 0.237. The smallest absolute Gasteiger partial charge is 0.243 e. The van der Waals surface area contributed by atoms with Crippen LogP contribution in [0.2, 0.25) is 0 Å². The molecule has 0 saturated carbocycles. The van der Waals surface area contributed by atoms with Crippen molar-refractivity contribution < 1.29 is 17.2 Å². The minimum Gasteiger partial charge on any atom is -0.380 e. The van der Waals surface area contributed by atoms with E-state index in [9.17, 15) is 17.2 Å². The highest BCUT2D eigenvalue weighted by molar-refractivity contribution is 7.89. The summed E-state index contributed by atoms with van der Waals surface area (Å²) in [7, 11) is -1.84. The summed E-state index contributed by atoms with van der Waals surface area (Å²) in [5.74, 6) is -2.03. The van der Waals surface area contributed by atoms with Gasteiger partial charge in [-0.2, -0.15) is 4.31 Å². The van der Waals surface area contributed by atoms with Gasteiger partial charge in [0.1, 0.15) is 0 Å². The second-order valence-corrected chi connectivity index (χ2v) is 10.3. The first-order valence-corrected chi connectivity index (χ1v) is 12.1. The van der Waals surface area contributed by atoms with Gasteiger partial charge in [-0.25, -0.2) is 17.2 Å². The number of aryl methyl sites for hydroxylation is 1. The predicted molar refractivity (Wildman–Crippen MR) is 125 cm³/mol. The Labute approximate surface area is 191 Å². The third kappa shape index (κ3) is 4.00. The maximum Gasteiger partial charge on any atom is 0.243 e. The Morgan fingerprint density at radius 2 is 1.70 bits per heavy atom. The van der Waals surface area contributed by atoms with Gasteiger partial charge in [-0.3, -0.25) is 0 Å². The molecule has 0 radical (unpaired) electrons. The maximum atomic E-state index is 13.8. The molecule has 33 heavy (non-hydrogen) atoms. The molecule has 1 aliphatic heterocycles. The summed E-state index contributed by atoms with van der Waals surface area (Å²) in [6.45, 7) is 0.480. The summed E-state index contributed by atoms with van der Waals surface area (Å²) in [5, 5.41) is 4.08. The van der Waals surface area contributed by atoms with Gasteiger partial charge in [0.25, 0.3) is 0 Å². The lowest BCUT2D eigenvalue weighted by Gasteiger charge is -2.21. The number of fused-ring (bicyclic) bond motifs is 1. The van der Waals surface area contributed by atoms with Crippen molar-refractivity contribution >= 4 is 26.6 Å². The topological polar surface area (TPSA) is 54.3 Å². The summed E-state index contributed by atoms with van der Waals surface area (Å²) >= 11 is 0. The average molecular weight is 468 g/mol. The number of aromatic nitrogens is 1. The summed E-state index contributed by atoms with van der Waals surface area (Å²) in [6, 6.07) is 20.0. The lowest BCUT2D eigenvalue weighted by atomic mass is 9.94. The van der Waals surface area contributed by atoms with Crippen LogP contribution in [0.25, 0.3) is 10.9 Å².